The van der Waals surface area contributed by atoms with Gasteiger partial charge < -0.3 is 19.8 Å². The number of hydrogen-bond acceptors (Lipinski definition) is 5. The van der Waals surface area contributed by atoms with Gasteiger partial charge in [0, 0.05) is 30.1 Å². The van der Waals surface area contributed by atoms with E-state index in [1.54, 1.807) is 21.6 Å². The maximum atomic E-state index is 14.7. The molecule has 1 N–H and O–H groups in total. The highest BCUT2D eigenvalue weighted by Gasteiger charge is 2.74. The van der Waals surface area contributed by atoms with E-state index in [1.807, 2.05) is 75.9 Å². The lowest BCUT2D eigenvalue weighted by Gasteiger charge is -2.40. The summed E-state index contributed by atoms with van der Waals surface area (Å²) in [6.45, 7) is 11.3. The minimum Gasteiger partial charge on any atom is -0.394 e. The van der Waals surface area contributed by atoms with Crippen LogP contribution in [-0.4, -0.2) is 80.4 Å². The number of likely N-dealkylation sites (tertiary alicyclic amines) is 1. The largest absolute Gasteiger partial charge is 0.394 e. The van der Waals surface area contributed by atoms with Crippen LogP contribution in [0, 0.1) is 25.7 Å². The van der Waals surface area contributed by atoms with Crippen molar-refractivity contribution in [3.63, 3.8) is 0 Å². The Kier molecular flexibility index (Phi) is 7.01. The molecule has 4 aliphatic rings. The van der Waals surface area contributed by atoms with Gasteiger partial charge in [0.2, 0.25) is 11.8 Å². The lowest BCUT2D eigenvalue weighted by atomic mass is 9.74. The van der Waals surface area contributed by atoms with Gasteiger partial charge in [-0.05, 0) is 44.7 Å². The fourth-order valence-electron chi connectivity index (χ4n) is 7.22. The number of anilines is 1. The zero-order valence-electron chi connectivity index (χ0n) is 23.0. The standard InChI is InChI=1S/C30H39N3O4S/c1-6-15-31-16-9-13-29(5)22(26(31)35)23-27(36)33(21(7-2)18-34)25-28(37)32(17-10-14-30(23,25)38-29)24-19(3)11-8-12-20(24)4/h8-14,21-23,25,34H,6-7,15-18H2,1-5H3/t21-,22-,23-,25?,29+,30-/m0/s1. The summed E-state index contributed by atoms with van der Waals surface area (Å²) < 4.78 is -1.53. The fraction of sp³-hybridized carbons (Fsp3) is 0.567. The average molecular weight is 538 g/mol. The first-order valence-electron chi connectivity index (χ1n) is 13.8. The number of aliphatic hydroxyl groups excluding tert-OH is 1. The third kappa shape index (κ3) is 3.78. The second kappa shape index (κ2) is 9.87. The van der Waals surface area contributed by atoms with Crippen LogP contribution in [0.3, 0.4) is 0 Å². The van der Waals surface area contributed by atoms with Gasteiger partial charge in [-0.1, -0.05) is 56.4 Å². The predicted molar refractivity (Wildman–Crippen MR) is 151 cm³/mol. The first-order valence-corrected chi connectivity index (χ1v) is 14.6. The van der Waals surface area contributed by atoms with Gasteiger partial charge in [0.1, 0.15) is 6.04 Å². The number of carbonyl (C=O) groups is 3. The number of aryl methyl sites for hydroxylation is 2. The van der Waals surface area contributed by atoms with E-state index in [9.17, 15) is 19.5 Å². The van der Waals surface area contributed by atoms with Crippen molar-refractivity contribution >= 4 is 35.2 Å². The second-order valence-corrected chi connectivity index (χ2v) is 13.1. The predicted octanol–water partition coefficient (Wildman–Crippen LogP) is 3.47. The molecule has 0 aliphatic carbocycles. The Morgan fingerprint density at radius 1 is 1.00 bits per heavy atom. The topological polar surface area (TPSA) is 81.2 Å². The Morgan fingerprint density at radius 2 is 1.68 bits per heavy atom. The number of rotatable bonds is 6. The van der Waals surface area contributed by atoms with Gasteiger partial charge in [-0.2, -0.15) is 0 Å². The number of carbonyl (C=O) groups excluding carboxylic acids is 3. The molecule has 7 nitrogen and oxygen atoms in total. The van der Waals surface area contributed by atoms with Gasteiger partial charge in [-0.15, -0.1) is 11.8 Å². The van der Waals surface area contributed by atoms with E-state index in [4.69, 9.17) is 0 Å². The third-order valence-electron chi connectivity index (χ3n) is 8.86. The molecule has 2 fully saturated rings. The van der Waals surface area contributed by atoms with Crippen LogP contribution < -0.4 is 4.90 Å². The maximum absolute atomic E-state index is 14.7. The van der Waals surface area contributed by atoms with E-state index in [2.05, 4.69) is 6.08 Å². The van der Waals surface area contributed by atoms with E-state index >= 15 is 0 Å². The molecule has 6 atom stereocenters. The van der Waals surface area contributed by atoms with Crippen molar-refractivity contribution in [2.45, 2.75) is 69.0 Å². The molecule has 2 saturated heterocycles. The summed E-state index contributed by atoms with van der Waals surface area (Å²) in [6, 6.07) is 4.66. The van der Waals surface area contributed by atoms with E-state index in [0.29, 0.717) is 26.1 Å². The summed E-state index contributed by atoms with van der Waals surface area (Å²) in [4.78, 5) is 48.5. The Balaban J connectivity index is 1.69. The minimum atomic E-state index is -0.906. The van der Waals surface area contributed by atoms with Crippen LogP contribution in [0.2, 0.25) is 0 Å². The molecule has 1 unspecified atom stereocenters. The minimum absolute atomic E-state index is 0.0172. The number of thioether (sulfide) groups is 1. The van der Waals surface area contributed by atoms with Crippen molar-refractivity contribution in [3.05, 3.63) is 53.6 Å². The van der Waals surface area contributed by atoms with Gasteiger partial charge in [-0.3, -0.25) is 14.4 Å². The zero-order valence-corrected chi connectivity index (χ0v) is 23.8. The SMILES string of the molecule is CCCN1CC=C[C@@]2(C)S[C@]34C=CCN(c5c(C)cccc5C)C(=O)C3N([C@@H](CC)CO)C(=O)[C@@H]4[C@H]2C1=O. The van der Waals surface area contributed by atoms with Crippen LogP contribution in [0.1, 0.15) is 44.7 Å². The summed E-state index contributed by atoms with van der Waals surface area (Å²) in [5.74, 6) is -1.63. The van der Waals surface area contributed by atoms with Gasteiger partial charge in [-0.25, -0.2) is 0 Å². The van der Waals surface area contributed by atoms with Crippen molar-refractivity contribution < 1.29 is 19.5 Å². The molecule has 0 radical (unpaired) electrons. The highest BCUT2D eigenvalue weighted by molar-refractivity contribution is 8.02. The number of fused-ring (bicyclic) bond motifs is 2. The quantitative estimate of drug-likeness (QED) is 0.562. The molecule has 3 amide bonds. The van der Waals surface area contributed by atoms with Crippen LogP contribution in [0.5, 0.6) is 0 Å². The van der Waals surface area contributed by atoms with E-state index < -0.39 is 33.4 Å². The van der Waals surface area contributed by atoms with Crippen molar-refractivity contribution in [2.75, 3.05) is 31.1 Å². The lowest BCUT2D eigenvalue weighted by Crippen LogP contribution is -2.57. The first-order chi connectivity index (χ1) is 18.1. The number of para-hydroxylation sites is 1. The van der Waals surface area contributed by atoms with Crippen LogP contribution in [-0.2, 0) is 14.4 Å². The molecule has 0 saturated carbocycles. The van der Waals surface area contributed by atoms with Crippen LogP contribution in [0.25, 0.3) is 0 Å². The Labute approximate surface area is 229 Å². The van der Waals surface area contributed by atoms with Gasteiger partial charge in [0.25, 0.3) is 5.91 Å². The second-order valence-electron chi connectivity index (χ2n) is 11.3. The van der Waals surface area contributed by atoms with Gasteiger partial charge >= 0.3 is 0 Å². The zero-order chi connectivity index (χ0) is 27.4. The normalized spacial score (nSPS) is 33.3. The summed E-state index contributed by atoms with van der Waals surface area (Å²) >= 11 is 1.59. The van der Waals surface area contributed by atoms with Crippen molar-refractivity contribution in [1.82, 2.24) is 9.80 Å². The Hall–Kier alpha value is -2.58. The molecule has 4 aliphatic heterocycles. The van der Waals surface area contributed by atoms with E-state index in [-0.39, 0.29) is 24.3 Å². The average Bonchev–Trinajstić information content (AvgIpc) is 3.15. The maximum Gasteiger partial charge on any atom is 0.251 e. The summed E-state index contributed by atoms with van der Waals surface area (Å²) in [5.41, 5.74) is 2.85. The number of aliphatic hydroxyl groups is 1. The monoisotopic (exact) mass is 537 g/mol. The van der Waals surface area contributed by atoms with Crippen LogP contribution >= 0.6 is 11.8 Å². The molecule has 38 heavy (non-hydrogen) atoms. The highest BCUT2D eigenvalue weighted by Crippen LogP contribution is 2.66. The summed E-state index contributed by atoms with van der Waals surface area (Å²) in [5, 5.41) is 10.3. The Bertz CT molecular complexity index is 1190. The molecule has 5 rings (SSSR count). The number of amides is 3. The smallest absolute Gasteiger partial charge is 0.251 e. The molecule has 8 heteroatoms. The molecule has 0 aromatic heterocycles. The van der Waals surface area contributed by atoms with Gasteiger partial charge in [0.15, 0.2) is 0 Å². The molecule has 1 spiro atoms. The molecule has 1 aromatic carbocycles. The number of hydrogen-bond donors (Lipinski definition) is 1. The van der Waals surface area contributed by atoms with Crippen LogP contribution in [0.15, 0.2) is 42.5 Å². The molecule has 204 valence electrons. The highest BCUT2D eigenvalue weighted by atomic mass is 32.2. The molecule has 1 aromatic rings. The van der Waals surface area contributed by atoms with Crippen molar-refractivity contribution in [3.8, 4) is 0 Å². The molecular formula is C30H39N3O4S. The van der Waals surface area contributed by atoms with Crippen molar-refractivity contribution in [1.29, 1.82) is 0 Å². The summed E-state index contributed by atoms with van der Waals surface area (Å²) in [7, 11) is 0. The number of benzene rings is 1. The molecule has 0 bridgehead atoms. The fourth-order valence-corrected chi connectivity index (χ4v) is 9.37. The Morgan fingerprint density at radius 3 is 2.32 bits per heavy atom. The van der Waals surface area contributed by atoms with Gasteiger partial charge in [0.05, 0.1) is 29.2 Å². The summed E-state index contributed by atoms with van der Waals surface area (Å²) in [6.07, 6.45) is 9.54. The van der Waals surface area contributed by atoms with E-state index in [1.165, 1.54) is 0 Å². The third-order valence-corrected chi connectivity index (χ3v) is 10.7. The van der Waals surface area contributed by atoms with Crippen molar-refractivity contribution in [2.24, 2.45) is 11.8 Å². The lowest BCUT2D eigenvalue weighted by molar-refractivity contribution is -0.145. The number of nitrogens with zero attached hydrogens (tertiary/aromatic N) is 3. The van der Waals surface area contributed by atoms with E-state index in [0.717, 1.165) is 23.2 Å². The molecular weight excluding hydrogens is 498 g/mol. The molecule has 4 heterocycles. The van der Waals surface area contributed by atoms with Crippen LogP contribution in [0.4, 0.5) is 5.69 Å². The first kappa shape index (κ1) is 27.0.